The minimum atomic E-state index is -4.45. The van der Waals surface area contributed by atoms with Crippen molar-refractivity contribution in [1.82, 2.24) is 15.3 Å². The number of amides is 2. The number of aryl methyl sites for hydroxylation is 3. The Kier molecular flexibility index (Phi) is 11.6. The highest BCUT2D eigenvalue weighted by molar-refractivity contribution is 7.10. The fourth-order valence-electron chi connectivity index (χ4n) is 3.41. The van der Waals surface area contributed by atoms with Crippen molar-refractivity contribution in [1.29, 1.82) is 0 Å². The lowest BCUT2D eigenvalue weighted by atomic mass is 10.1. The average molecular weight is 610 g/mol. The number of anilines is 1. The van der Waals surface area contributed by atoms with E-state index in [-0.39, 0.29) is 36.0 Å². The first-order valence-electron chi connectivity index (χ1n) is 11.6. The second-order valence-electron chi connectivity index (χ2n) is 7.90. The summed E-state index contributed by atoms with van der Waals surface area (Å²) in [7, 11) is 1.42. The van der Waals surface area contributed by atoms with Gasteiger partial charge in [0.25, 0.3) is 0 Å². The maximum atomic E-state index is 13.0. The van der Waals surface area contributed by atoms with Crippen molar-refractivity contribution in [2.75, 3.05) is 12.4 Å². The maximum absolute atomic E-state index is 13.0. The number of carbonyl (C=O) groups excluding carboxylic acids is 2. The van der Waals surface area contributed by atoms with Gasteiger partial charge in [-0.3, -0.25) is 5.32 Å². The number of methoxy groups -OCH3 is 1. The topological polar surface area (TPSA) is 106 Å². The summed E-state index contributed by atoms with van der Waals surface area (Å²) < 4.78 is 81.6. The van der Waals surface area contributed by atoms with Crippen LogP contribution in [-0.4, -0.2) is 29.2 Å². The monoisotopic (exact) mass is 609 g/mol. The van der Waals surface area contributed by atoms with Crippen molar-refractivity contribution in [3.63, 3.8) is 0 Å². The number of nitrogens with one attached hydrogen (secondary N) is 2. The van der Waals surface area contributed by atoms with Gasteiger partial charge >= 0.3 is 18.4 Å². The molecule has 0 bridgehead atoms. The number of carbonyl (C=O) groups is 1. The van der Waals surface area contributed by atoms with Crippen LogP contribution in [-0.2, 0) is 43.1 Å². The van der Waals surface area contributed by atoms with Gasteiger partial charge in [-0.15, -0.1) is 22.7 Å². The highest BCUT2D eigenvalue weighted by Gasteiger charge is 2.36. The highest BCUT2D eigenvalue weighted by Crippen LogP contribution is 2.38. The van der Waals surface area contributed by atoms with Crippen LogP contribution in [0.4, 0.5) is 37.1 Å². The second kappa shape index (κ2) is 14.2. The van der Waals surface area contributed by atoms with E-state index in [2.05, 4.69) is 25.6 Å². The number of urea groups is 1. The summed E-state index contributed by atoms with van der Waals surface area (Å²) in [6.45, 7) is 4.74. The Labute approximate surface area is 233 Å². The zero-order valence-electron chi connectivity index (χ0n) is 21.7. The summed E-state index contributed by atoms with van der Waals surface area (Å²) >= 11 is 2.08. The van der Waals surface area contributed by atoms with Crippen molar-refractivity contribution in [2.45, 2.75) is 59.1 Å². The number of ether oxygens (including phenoxy) is 1. The lowest BCUT2D eigenvalue weighted by Gasteiger charge is -2.12. The molecule has 0 unspecified atom stereocenters. The van der Waals surface area contributed by atoms with Crippen LogP contribution in [0, 0.1) is 6.92 Å². The molecule has 0 fully saturated rings. The Balaban J connectivity index is 0.000000319. The summed E-state index contributed by atoms with van der Waals surface area (Å²) in [5, 5.41) is 6.93. The van der Waals surface area contributed by atoms with E-state index in [0.717, 1.165) is 33.4 Å². The fourth-order valence-corrected chi connectivity index (χ4v) is 5.45. The number of alkyl halides is 6. The van der Waals surface area contributed by atoms with E-state index in [1.807, 2.05) is 0 Å². The summed E-state index contributed by atoms with van der Waals surface area (Å²) in [5.74, 6) is 0.277. The van der Waals surface area contributed by atoms with Gasteiger partial charge in [0.15, 0.2) is 0 Å². The number of aliphatic imine (C=N–C) groups is 1. The molecule has 0 aliphatic rings. The molecule has 0 aromatic carbocycles. The van der Waals surface area contributed by atoms with Crippen molar-refractivity contribution < 1.29 is 40.7 Å². The van der Waals surface area contributed by atoms with Crippen LogP contribution in [0.3, 0.4) is 0 Å². The van der Waals surface area contributed by atoms with Gasteiger partial charge in [0.1, 0.15) is 0 Å². The molecule has 3 rings (SSSR count). The number of thiophene rings is 2. The lowest BCUT2D eigenvalue weighted by molar-refractivity contribution is -0.138. The van der Waals surface area contributed by atoms with E-state index in [1.165, 1.54) is 13.2 Å². The molecule has 0 saturated heterocycles. The molecule has 40 heavy (non-hydrogen) atoms. The predicted octanol–water partition coefficient (Wildman–Crippen LogP) is 6.92. The van der Waals surface area contributed by atoms with E-state index >= 15 is 0 Å². The van der Waals surface area contributed by atoms with E-state index in [4.69, 9.17) is 4.74 Å². The Hall–Kier alpha value is -3.49. The Morgan fingerprint density at radius 1 is 1.00 bits per heavy atom. The average Bonchev–Trinajstić information content (AvgIpc) is 3.49. The molecule has 2 N–H and O–H groups in total. The first-order valence-corrected chi connectivity index (χ1v) is 13.3. The summed E-state index contributed by atoms with van der Waals surface area (Å²) in [6, 6.07) is 0.881. The minimum absolute atomic E-state index is 0.00595. The molecular formula is C24H25F6N5O3S2. The largest absolute Gasteiger partial charge is 0.481 e. The molecule has 8 nitrogen and oxygen atoms in total. The summed E-state index contributed by atoms with van der Waals surface area (Å²) in [4.78, 5) is 34.2. The number of isocyanates is 1. The third kappa shape index (κ3) is 9.03. The van der Waals surface area contributed by atoms with Gasteiger partial charge in [0.2, 0.25) is 17.9 Å². The van der Waals surface area contributed by atoms with Gasteiger partial charge in [-0.25, -0.2) is 19.6 Å². The number of rotatable bonds is 8. The van der Waals surface area contributed by atoms with Gasteiger partial charge in [0, 0.05) is 44.4 Å². The number of hydrogen-bond acceptors (Lipinski definition) is 8. The second-order valence-corrected chi connectivity index (χ2v) is 9.82. The first-order chi connectivity index (χ1) is 18.7. The zero-order valence-corrected chi connectivity index (χ0v) is 23.3. The van der Waals surface area contributed by atoms with Crippen LogP contribution in [0.25, 0.3) is 0 Å². The quantitative estimate of drug-likeness (QED) is 0.164. The molecule has 2 amide bonds. The lowest BCUT2D eigenvalue weighted by Crippen LogP contribution is -2.30. The van der Waals surface area contributed by atoms with Crippen LogP contribution >= 0.6 is 22.7 Å². The molecule has 218 valence electrons. The van der Waals surface area contributed by atoms with Gasteiger partial charge < -0.3 is 10.1 Å². The molecule has 0 spiro atoms. The smallest absolute Gasteiger partial charge is 0.417 e. The van der Waals surface area contributed by atoms with Crippen LogP contribution < -0.4 is 15.4 Å². The minimum Gasteiger partial charge on any atom is -0.481 e. The predicted molar refractivity (Wildman–Crippen MR) is 138 cm³/mol. The molecule has 3 heterocycles. The van der Waals surface area contributed by atoms with Gasteiger partial charge in [-0.2, -0.15) is 31.3 Å². The molecule has 0 aliphatic carbocycles. The van der Waals surface area contributed by atoms with Gasteiger partial charge in [0.05, 0.1) is 24.8 Å². The summed E-state index contributed by atoms with van der Waals surface area (Å²) in [5.41, 5.74) is -0.657. The number of nitrogens with zero attached hydrogens (tertiary/aromatic N) is 3. The Morgan fingerprint density at radius 3 is 2.05 bits per heavy atom. The standard InChI is InChI=1S/C15H17F3N4O2S.C9H8F3NOS/c1-4-11-9(10(7-25-11)15(16,17)18)6-19-14(23)22-13-20-8(2)5-12(21-13)24-3;1-2-8-6(3-13-5-14)7(4-15-8)9(10,11)12/h5,7H,4,6H2,1-3H3,(H2,19,20,21,22,23);4H,2-3H2,1H3. The third-order valence-electron chi connectivity index (χ3n) is 5.21. The SMILES string of the molecule is CCc1scc(C(F)(F)F)c1CN=C=O.CCc1scc(C(F)(F)F)c1CNC(=O)Nc1nc(C)cc(OC)n1. The molecule has 0 saturated carbocycles. The van der Waals surface area contributed by atoms with Crippen molar-refractivity contribution in [3.8, 4) is 5.88 Å². The summed E-state index contributed by atoms with van der Waals surface area (Å²) in [6.07, 6.45) is -6.62. The number of hydrogen-bond donors (Lipinski definition) is 2. The van der Waals surface area contributed by atoms with Crippen LogP contribution in [0.15, 0.2) is 21.8 Å². The molecule has 0 radical (unpaired) electrons. The van der Waals surface area contributed by atoms with E-state index in [9.17, 15) is 35.9 Å². The maximum Gasteiger partial charge on any atom is 0.417 e. The van der Waals surface area contributed by atoms with Gasteiger partial charge in [-0.05, 0) is 25.3 Å². The van der Waals surface area contributed by atoms with E-state index in [1.54, 1.807) is 26.8 Å². The Morgan fingerprint density at radius 2 is 1.55 bits per heavy atom. The first kappa shape index (κ1) is 32.7. The molecule has 16 heteroatoms. The van der Waals surface area contributed by atoms with Crippen LogP contribution in [0.1, 0.15) is 51.5 Å². The molecule has 0 atom stereocenters. The molecular weight excluding hydrogens is 584 g/mol. The molecule has 3 aromatic heterocycles. The van der Waals surface area contributed by atoms with Crippen molar-refractivity contribution in [3.05, 3.63) is 54.5 Å². The molecule has 3 aromatic rings. The van der Waals surface area contributed by atoms with E-state index in [0.29, 0.717) is 28.3 Å². The van der Waals surface area contributed by atoms with Crippen LogP contribution in [0.5, 0.6) is 5.88 Å². The molecule has 0 aliphatic heterocycles. The Bertz CT molecular complexity index is 1350. The fraction of sp³-hybridized carbons (Fsp3) is 0.417. The van der Waals surface area contributed by atoms with Crippen LogP contribution in [0.2, 0.25) is 0 Å². The highest BCUT2D eigenvalue weighted by atomic mass is 32.1. The van der Waals surface area contributed by atoms with Gasteiger partial charge in [-0.1, -0.05) is 13.8 Å². The number of halogens is 6. The van der Waals surface area contributed by atoms with E-state index < -0.39 is 29.5 Å². The zero-order chi connectivity index (χ0) is 30.1. The number of aromatic nitrogens is 2. The van der Waals surface area contributed by atoms with Crippen molar-refractivity contribution >= 4 is 40.7 Å². The van der Waals surface area contributed by atoms with Crippen molar-refractivity contribution in [2.24, 2.45) is 4.99 Å². The normalized spacial score (nSPS) is 11.2. The third-order valence-corrected chi connectivity index (χ3v) is 7.55.